The van der Waals surface area contributed by atoms with Crippen LogP contribution in [0.3, 0.4) is 0 Å². The first-order chi connectivity index (χ1) is 39.0. The molecule has 0 radical (unpaired) electrons. The maximum absolute atomic E-state index is 12.9. The van der Waals surface area contributed by atoms with Gasteiger partial charge in [0.25, 0.3) is 0 Å². The van der Waals surface area contributed by atoms with Crippen molar-refractivity contribution in [2.75, 3.05) is 13.2 Å². The van der Waals surface area contributed by atoms with Crippen molar-refractivity contribution in [2.24, 2.45) is 0 Å². The number of hydrogen-bond acceptors (Lipinski definition) is 6. The molecule has 0 saturated carbocycles. The van der Waals surface area contributed by atoms with E-state index in [1.54, 1.807) is 0 Å². The van der Waals surface area contributed by atoms with E-state index in [0.29, 0.717) is 25.7 Å². The fraction of sp³-hybridized carbons (Fsp3) is 0.630. The molecule has 0 spiro atoms. The Labute approximate surface area is 487 Å². The molecule has 1 unspecified atom stereocenters. The van der Waals surface area contributed by atoms with Crippen LogP contribution < -0.4 is 0 Å². The van der Waals surface area contributed by atoms with Crippen molar-refractivity contribution in [2.45, 2.75) is 284 Å². The second-order valence-electron chi connectivity index (χ2n) is 20.9. The third-order valence-corrected chi connectivity index (χ3v) is 13.3. The van der Waals surface area contributed by atoms with Crippen LogP contribution in [0.25, 0.3) is 0 Å². The van der Waals surface area contributed by atoms with Crippen LogP contribution in [0.2, 0.25) is 0 Å². The van der Waals surface area contributed by atoms with Crippen LogP contribution >= 0.6 is 0 Å². The van der Waals surface area contributed by atoms with Gasteiger partial charge in [-0.15, -0.1) is 0 Å². The Bertz CT molecular complexity index is 1730. The third-order valence-electron chi connectivity index (χ3n) is 13.3. The predicted octanol–water partition coefficient (Wildman–Crippen LogP) is 22.3. The molecule has 0 fully saturated rings. The summed E-state index contributed by atoms with van der Waals surface area (Å²) in [5, 5.41) is 0. The summed E-state index contributed by atoms with van der Waals surface area (Å²) < 4.78 is 16.9. The molecule has 0 saturated heterocycles. The van der Waals surface area contributed by atoms with Gasteiger partial charge in [-0.1, -0.05) is 263 Å². The molecule has 0 rings (SSSR count). The molecule has 0 aromatic heterocycles. The first-order valence-electron chi connectivity index (χ1n) is 32.3. The predicted molar refractivity (Wildman–Crippen MR) is 343 cm³/mol. The summed E-state index contributed by atoms with van der Waals surface area (Å²) >= 11 is 0. The highest BCUT2D eigenvalue weighted by molar-refractivity contribution is 5.71. The van der Waals surface area contributed by atoms with Crippen LogP contribution in [-0.2, 0) is 28.6 Å². The number of ether oxygens (including phenoxy) is 3. The third kappa shape index (κ3) is 64.0. The van der Waals surface area contributed by atoms with Crippen LogP contribution in [0.15, 0.2) is 146 Å². The van der Waals surface area contributed by atoms with E-state index < -0.39 is 6.10 Å². The molecule has 0 aliphatic rings. The molecule has 0 N–H and O–H groups in total. The molecule has 0 bridgehead atoms. The van der Waals surface area contributed by atoms with Crippen LogP contribution in [0.4, 0.5) is 0 Å². The van der Waals surface area contributed by atoms with E-state index in [0.717, 1.165) is 135 Å². The van der Waals surface area contributed by atoms with Gasteiger partial charge in [0, 0.05) is 19.3 Å². The van der Waals surface area contributed by atoms with Gasteiger partial charge in [-0.25, -0.2) is 0 Å². The molecule has 0 aromatic rings. The summed E-state index contributed by atoms with van der Waals surface area (Å²) in [4.78, 5) is 38.4. The van der Waals surface area contributed by atoms with Crippen molar-refractivity contribution >= 4 is 17.9 Å². The standard InChI is InChI=1S/C73H118O6/c1-4-7-10-13-16-19-22-25-28-30-32-34-36-38-40-42-45-48-51-54-57-60-63-66-72(75)78-69-70(68-77-71(74)65-62-59-56-53-50-47-44-27-24-21-18-15-12-9-6-3)79-73(76)67-64-61-58-55-52-49-46-43-41-39-37-35-33-31-29-26-23-20-17-14-11-8-5-2/h7,9-10,12,16,18-19,21,23,25-28,31-34,37-40,44,50,53,70H,4-6,8,11,13-15,17,20,22,24,29-30,35-36,41-43,45-49,51-52,54-69H2,1-3H3/b10-7-,12-9-,19-16-,21-18-,26-23-,28-25-,33-31-,34-32-,39-37-,40-38-,44-27-,53-50-. The average Bonchev–Trinajstić information content (AvgIpc) is 3.45. The second kappa shape index (κ2) is 65.8. The summed E-state index contributed by atoms with van der Waals surface area (Å²) in [6.45, 7) is 6.35. The lowest BCUT2D eigenvalue weighted by Crippen LogP contribution is -2.30. The first-order valence-corrected chi connectivity index (χ1v) is 32.3. The molecule has 6 nitrogen and oxygen atoms in total. The van der Waals surface area contributed by atoms with E-state index in [4.69, 9.17) is 14.2 Å². The molecule has 0 heterocycles. The van der Waals surface area contributed by atoms with Gasteiger partial charge in [-0.2, -0.15) is 0 Å². The fourth-order valence-corrected chi connectivity index (χ4v) is 8.53. The number of unbranched alkanes of at least 4 members (excludes halogenated alkanes) is 22. The molecule has 0 aromatic carbocycles. The largest absolute Gasteiger partial charge is 0.462 e. The van der Waals surface area contributed by atoms with Crippen molar-refractivity contribution in [3.05, 3.63) is 146 Å². The molecule has 0 aliphatic carbocycles. The minimum Gasteiger partial charge on any atom is -0.462 e. The van der Waals surface area contributed by atoms with E-state index in [9.17, 15) is 14.4 Å². The summed E-state index contributed by atoms with van der Waals surface area (Å²) in [5.41, 5.74) is 0. The molecular weight excluding hydrogens is 973 g/mol. The number of carbonyl (C=O) groups is 3. The summed E-state index contributed by atoms with van der Waals surface area (Å²) in [6, 6.07) is 0. The Morgan fingerprint density at radius 3 is 0.797 bits per heavy atom. The second-order valence-corrected chi connectivity index (χ2v) is 20.9. The van der Waals surface area contributed by atoms with Crippen LogP contribution in [0.5, 0.6) is 0 Å². The van der Waals surface area contributed by atoms with E-state index >= 15 is 0 Å². The zero-order chi connectivity index (χ0) is 57.1. The van der Waals surface area contributed by atoms with Crippen LogP contribution in [-0.4, -0.2) is 37.2 Å². The van der Waals surface area contributed by atoms with Crippen molar-refractivity contribution < 1.29 is 28.6 Å². The number of hydrogen-bond donors (Lipinski definition) is 0. The molecule has 446 valence electrons. The van der Waals surface area contributed by atoms with Gasteiger partial charge in [-0.05, 0) is 141 Å². The Hall–Kier alpha value is -4.71. The molecule has 0 amide bonds. The van der Waals surface area contributed by atoms with Gasteiger partial charge in [0.15, 0.2) is 6.10 Å². The molecule has 6 heteroatoms. The van der Waals surface area contributed by atoms with E-state index in [1.165, 1.54) is 96.3 Å². The summed E-state index contributed by atoms with van der Waals surface area (Å²) in [7, 11) is 0. The Morgan fingerprint density at radius 2 is 0.494 bits per heavy atom. The monoisotopic (exact) mass is 1090 g/mol. The Balaban J connectivity index is 4.46. The van der Waals surface area contributed by atoms with Gasteiger partial charge >= 0.3 is 17.9 Å². The Morgan fingerprint density at radius 1 is 0.266 bits per heavy atom. The van der Waals surface area contributed by atoms with Gasteiger partial charge in [0.05, 0.1) is 0 Å². The van der Waals surface area contributed by atoms with Crippen LogP contribution in [0, 0.1) is 0 Å². The topological polar surface area (TPSA) is 78.9 Å². The lowest BCUT2D eigenvalue weighted by molar-refractivity contribution is -0.167. The normalized spacial score (nSPS) is 13.1. The van der Waals surface area contributed by atoms with Crippen molar-refractivity contribution in [1.29, 1.82) is 0 Å². The highest BCUT2D eigenvalue weighted by Gasteiger charge is 2.19. The van der Waals surface area contributed by atoms with E-state index in [2.05, 4.69) is 167 Å². The number of rotatable bonds is 57. The maximum atomic E-state index is 12.9. The average molecular weight is 1090 g/mol. The van der Waals surface area contributed by atoms with Gasteiger partial charge in [-0.3, -0.25) is 14.4 Å². The number of carbonyl (C=O) groups excluding carboxylic acids is 3. The minimum absolute atomic E-state index is 0.106. The van der Waals surface area contributed by atoms with Crippen molar-refractivity contribution in [3.63, 3.8) is 0 Å². The van der Waals surface area contributed by atoms with Gasteiger partial charge < -0.3 is 14.2 Å². The highest BCUT2D eigenvalue weighted by atomic mass is 16.6. The van der Waals surface area contributed by atoms with Crippen molar-refractivity contribution in [1.82, 2.24) is 0 Å². The van der Waals surface area contributed by atoms with Crippen molar-refractivity contribution in [3.8, 4) is 0 Å². The summed E-state index contributed by atoms with van der Waals surface area (Å²) in [5.74, 6) is -0.966. The fourth-order valence-electron chi connectivity index (χ4n) is 8.53. The lowest BCUT2D eigenvalue weighted by Gasteiger charge is -2.18. The molecule has 1 atom stereocenters. The first kappa shape index (κ1) is 74.3. The molecule has 0 aliphatic heterocycles. The van der Waals surface area contributed by atoms with Gasteiger partial charge in [0.1, 0.15) is 13.2 Å². The maximum Gasteiger partial charge on any atom is 0.306 e. The summed E-state index contributed by atoms with van der Waals surface area (Å²) in [6.07, 6.45) is 94.2. The Kier molecular flexibility index (Phi) is 61.9. The van der Waals surface area contributed by atoms with E-state index in [1.807, 2.05) is 0 Å². The smallest absolute Gasteiger partial charge is 0.306 e. The van der Waals surface area contributed by atoms with E-state index in [-0.39, 0.29) is 31.1 Å². The highest BCUT2D eigenvalue weighted by Crippen LogP contribution is 2.15. The zero-order valence-electron chi connectivity index (χ0n) is 51.1. The minimum atomic E-state index is -0.812. The lowest BCUT2D eigenvalue weighted by atomic mass is 10.1. The number of esters is 3. The quantitative estimate of drug-likeness (QED) is 0.0261. The molecular formula is C73H118O6. The van der Waals surface area contributed by atoms with Gasteiger partial charge in [0.2, 0.25) is 0 Å². The SMILES string of the molecule is CC/C=C\C/C=C\C/C=C\C/C=C\C/C=C\CCCCCCCCCC(=O)OCC(COC(=O)CCCC/C=C\C/C=C\C/C=C\C/C=C\CC)OC(=O)CCCCCCCCCC/C=C\C/C=C\C/C=C\CCCCCCC. The van der Waals surface area contributed by atoms with Crippen LogP contribution in [0.1, 0.15) is 278 Å². The zero-order valence-corrected chi connectivity index (χ0v) is 51.1. The number of allylic oxidation sites excluding steroid dienone is 24. The molecule has 79 heavy (non-hydrogen) atoms.